The van der Waals surface area contributed by atoms with Crippen molar-refractivity contribution in [3.8, 4) is 0 Å². The van der Waals surface area contributed by atoms with Crippen molar-refractivity contribution in [1.29, 1.82) is 0 Å². The maximum absolute atomic E-state index is 2.63. The van der Waals surface area contributed by atoms with E-state index in [0.717, 1.165) is 11.8 Å². The van der Waals surface area contributed by atoms with E-state index in [0.29, 0.717) is 12.2 Å². The highest BCUT2D eigenvalue weighted by molar-refractivity contribution is 4.88. The van der Waals surface area contributed by atoms with Crippen molar-refractivity contribution in [2.24, 2.45) is 11.8 Å². The molecule has 1 saturated heterocycles. The minimum absolute atomic E-state index is 0.648. The molecule has 1 heterocycles. The van der Waals surface area contributed by atoms with Gasteiger partial charge in [0.1, 0.15) is 0 Å². The van der Waals surface area contributed by atoms with Crippen LogP contribution in [0, 0.1) is 11.8 Å². The van der Waals surface area contributed by atoms with Gasteiger partial charge in [-0.1, -0.05) is 13.8 Å². The lowest BCUT2D eigenvalue weighted by molar-refractivity contribution is 0.0523. The van der Waals surface area contributed by atoms with Crippen LogP contribution >= 0.6 is 0 Å². The maximum Gasteiger partial charge on any atom is 0.0651 e. The van der Waals surface area contributed by atoms with Gasteiger partial charge in [0, 0.05) is 12.6 Å². The quantitative estimate of drug-likeness (QED) is 0.686. The summed E-state index contributed by atoms with van der Waals surface area (Å²) in [6.45, 7) is 10.6. The molecule has 0 spiro atoms. The second-order valence-electron chi connectivity index (χ2n) is 5.41. The van der Waals surface area contributed by atoms with Gasteiger partial charge in [-0.15, -0.1) is 0 Å². The molecule has 0 bridgehead atoms. The molecule has 0 radical (unpaired) electrons. The smallest absolute Gasteiger partial charge is 0.0651 e. The molecule has 2 atom stereocenters. The van der Waals surface area contributed by atoms with Crippen LogP contribution in [0.5, 0.6) is 0 Å². The summed E-state index contributed by atoms with van der Waals surface area (Å²) in [4.78, 5) is 5.02. The molecule has 0 N–H and O–H groups in total. The molecule has 1 fully saturated rings. The lowest BCUT2D eigenvalue weighted by Crippen LogP contribution is -2.47. The zero-order valence-corrected chi connectivity index (χ0v) is 10.6. The summed E-state index contributed by atoms with van der Waals surface area (Å²) in [6, 6.07) is 0.672. The Morgan fingerprint density at radius 2 is 1.71 bits per heavy atom. The zero-order valence-electron chi connectivity index (χ0n) is 10.6. The summed E-state index contributed by atoms with van der Waals surface area (Å²) in [5.41, 5.74) is 0. The van der Waals surface area contributed by atoms with Crippen LogP contribution in [0.15, 0.2) is 0 Å². The summed E-state index contributed by atoms with van der Waals surface area (Å²) in [6.07, 6.45) is 2.01. The molecule has 2 heteroatoms. The standard InChI is InChI=1S/C12H26N2/c1-9(2)11-7-8-14(10(3)4)12(11)13(5)6/h9-12H,7-8H2,1-6H3. The van der Waals surface area contributed by atoms with E-state index in [-0.39, 0.29) is 0 Å². The molecule has 0 saturated carbocycles. The van der Waals surface area contributed by atoms with Crippen LogP contribution in [-0.2, 0) is 0 Å². The van der Waals surface area contributed by atoms with Gasteiger partial charge in [-0.2, -0.15) is 0 Å². The van der Waals surface area contributed by atoms with Crippen molar-refractivity contribution >= 4 is 0 Å². The van der Waals surface area contributed by atoms with Crippen molar-refractivity contribution in [2.75, 3.05) is 20.6 Å². The Labute approximate surface area is 89.3 Å². The lowest BCUT2D eigenvalue weighted by atomic mass is 9.92. The number of hydrogen-bond donors (Lipinski definition) is 0. The molecule has 84 valence electrons. The average molecular weight is 198 g/mol. The van der Waals surface area contributed by atoms with Crippen molar-refractivity contribution < 1.29 is 0 Å². The predicted molar refractivity (Wildman–Crippen MR) is 62.3 cm³/mol. The van der Waals surface area contributed by atoms with Gasteiger partial charge >= 0.3 is 0 Å². The fraction of sp³-hybridized carbons (Fsp3) is 1.00. The van der Waals surface area contributed by atoms with Gasteiger partial charge in [-0.25, -0.2) is 0 Å². The van der Waals surface area contributed by atoms with Crippen LogP contribution < -0.4 is 0 Å². The third-order valence-electron chi connectivity index (χ3n) is 3.49. The van der Waals surface area contributed by atoms with Gasteiger partial charge in [0.2, 0.25) is 0 Å². The molecule has 1 aliphatic rings. The second-order valence-corrected chi connectivity index (χ2v) is 5.41. The van der Waals surface area contributed by atoms with E-state index < -0.39 is 0 Å². The van der Waals surface area contributed by atoms with Gasteiger partial charge in [-0.3, -0.25) is 9.80 Å². The number of hydrogen-bond acceptors (Lipinski definition) is 2. The SMILES string of the molecule is CC(C)C1CCN(C(C)C)C1N(C)C. The highest BCUT2D eigenvalue weighted by Crippen LogP contribution is 2.32. The molecule has 0 amide bonds. The van der Waals surface area contributed by atoms with Crippen LogP contribution in [0.3, 0.4) is 0 Å². The topological polar surface area (TPSA) is 6.48 Å². The molecule has 0 aromatic rings. The van der Waals surface area contributed by atoms with E-state index in [4.69, 9.17) is 0 Å². The first-order valence-electron chi connectivity index (χ1n) is 5.87. The van der Waals surface area contributed by atoms with E-state index >= 15 is 0 Å². The van der Waals surface area contributed by atoms with Crippen molar-refractivity contribution in [3.63, 3.8) is 0 Å². The Balaban J connectivity index is 2.74. The first kappa shape index (κ1) is 12.0. The molecule has 0 aromatic heterocycles. The minimum atomic E-state index is 0.648. The highest BCUT2D eigenvalue weighted by Gasteiger charge is 2.37. The molecular weight excluding hydrogens is 172 g/mol. The van der Waals surface area contributed by atoms with Crippen LogP contribution in [0.1, 0.15) is 34.1 Å². The molecule has 0 aliphatic carbocycles. The molecule has 0 aromatic carbocycles. The van der Waals surface area contributed by atoms with Gasteiger partial charge in [0.25, 0.3) is 0 Å². The number of likely N-dealkylation sites (tertiary alicyclic amines) is 1. The first-order valence-corrected chi connectivity index (χ1v) is 5.87. The van der Waals surface area contributed by atoms with Crippen LogP contribution in [0.2, 0.25) is 0 Å². The summed E-state index contributed by atoms with van der Waals surface area (Å²) in [7, 11) is 4.42. The van der Waals surface area contributed by atoms with Gasteiger partial charge in [0.15, 0.2) is 0 Å². The van der Waals surface area contributed by atoms with Gasteiger partial charge < -0.3 is 0 Å². The van der Waals surface area contributed by atoms with E-state index in [1.54, 1.807) is 0 Å². The third-order valence-corrected chi connectivity index (χ3v) is 3.49. The van der Waals surface area contributed by atoms with Crippen molar-refractivity contribution in [1.82, 2.24) is 9.80 Å². The summed E-state index contributed by atoms with van der Waals surface area (Å²) in [5, 5.41) is 0. The van der Waals surface area contributed by atoms with Crippen LogP contribution in [0.25, 0.3) is 0 Å². The highest BCUT2D eigenvalue weighted by atomic mass is 15.4. The van der Waals surface area contributed by atoms with Gasteiger partial charge in [0.05, 0.1) is 6.17 Å². The van der Waals surface area contributed by atoms with Crippen molar-refractivity contribution in [3.05, 3.63) is 0 Å². The van der Waals surface area contributed by atoms with Crippen LogP contribution in [0.4, 0.5) is 0 Å². The molecule has 2 unspecified atom stereocenters. The molecule has 14 heavy (non-hydrogen) atoms. The summed E-state index contributed by atoms with van der Waals surface area (Å²) >= 11 is 0. The van der Waals surface area contributed by atoms with Crippen LogP contribution in [-0.4, -0.2) is 42.6 Å². The predicted octanol–water partition coefficient (Wildman–Crippen LogP) is 2.26. The summed E-state index contributed by atoms with van der Waals surface area (Å²) < 4.78 is 0. The Hall–Kier alpha value is -0.0800. The Kier molecular flexibility index (Phi) is 3.96. The fourth-order valence-corrected chi connectivity index (χ4v) is 2.75. The average Bonchev–Trinajstić information content (AvgIpc) is 2.46. The normalized spacial score (nSPS) is 29.8. The molecular formula is C12H26N2. The van der Waals surface area contributed by atoms with E-state index in [1.807, 2.05) is 0 Å². The Morgan fingerprint density at radius 1 is 1.14 bits per heavy atom. The maximum atomic E-state index is 2.63. The fourth-order valence-electron chi connectivity index (χ4n) is 2.75. The van der Waals surface area contributed by atoms with Gasteiger partial charge in [-0.05, 0) is 46.2 Å². The second kappa shape index (κ2) is 4.63. The number of rotatable bonds is 3. The molecule has 2 nitrogen and oxygen atoms in total. The Bertz CT molecular complexity index is 159. The van der Waals surface area contributed by atoms with Crippen molar-refractivity contribution in [2.45, 2.75) is 46.3 Å². The number of nitrogens with zero attached hydrogens (tertiary/aromatic N) is 2. The minimum Gasteiger partial charge on any atom is -0.294 e. The van der Waals surface area contributed by atoms with E-state index in [1.165, 1.54) is 13.0 Å². The molecule has 1 rings (SSSR count). The van der Waals surface area contributed by atoms with E-state index in [2.05, 4.69) is 51.6 Å². The largest absolute Gasteiger partial charge is 0.294 e. The van der Waals surface area contributed by atoms with E-state index in [9.17, 15) is 0 Å². The zero-order chi connectivity index (χ0) is 10.9. The summed E-state index contributed by atoms with van der Waals surface area (Å²) in [5.74, 6) is 1.64. The lowest BCUT2D eigenvalue weighted by Gasteiger charge is -2.37. The Morgan fingerprint density at radius 3 is 2.07 bits per heavy atom. The molecule has 1 aliphatic heterocycles. The first-order chi connectivity index (χ1) is 6.45. The monoisotopic (exact) mass is 198 g/mol. The third kappa shape index (κ3) is 2.29.